The molecule has 0 aliphatic heterocycles. The van der Waals surface area contributed by atoms with Crippen molar-refractivity contribution in [3.63, 3.8) is 0 Å². The molecule has 6 heteroatoms. The number of nitrogens with zero attached hydrogens (tertiary/aromatic N) is 2. The Kier molecular flexibility index (Phi) is 5.30. The van der Waals surface area contributed by atoms with Crippen LogP contribution in [0.4, 0.5) is 5.82 Å². The van der Waals surface area contributed by atoms with Crippen LogP contribution in [0.1, 0.15) is 34.6 Å². The molecule has 0 unspecified atom stereocenters. The Bertz CT molecular complexity index is 515. The molecule has 0 saturated carbocycles. The van der Waals surface area contributed by atoms with Crippen LogP contribution in [0.3, 0.4) is 0 Å². The molecular weight excluding hydrogens is 256 g/mol. The van der Waals surface area contributed by atoms with E-state index in [0.29, 0.717) is 12.5 Å². The fraction of sp³-hybridized carbons (Fsp3) is 0.643. The quantitative estimate of drug-likeness (QED) is 0.850. The van der Waals surface area contributed by atoms with Crippen LogP contribution >= 0.6 is 0 Å². The van der Waals surface area contributed by atoms with Crippen molar-refractivity contribution in [3.05, 3.63) is 22.7 Å². The van der Waals surface area contributed by atoms with Gasteiger partial charge in [0.25, 0.3) is 5.56 Å². The molecule has 1 aromatic rings. The van der Waals surface area contributed by atoms with Gasteiger partial charge in [-0.25, -0.2) is 4.98 Å². The van der Waals surface area contributed by atoms with Gasteiger partial charge in [0, 0.05) is 24.5 Å². The Labute approximate surface area is 119 Å². The molecule has 0 aliphatic carbocycles. The summed E-state index contributed by atoms with van der Waals surface area (Å²) in [7, 11) is 0. The summed E-state index contributed by atoms with van der Waals surface area (Å²) in [5.41, 5.74) is -0.495. The Morgan fingerprint density at radius 3 is 2.60 bits per heavy atom. The van der Waals surface area contributed by atoms with Crippen LogP contribution in [-0.2, 0) is 11.3 Å². The summed E-state index contributed by atoms with van der Waals surface area (Å²) in [5, 5.41) is 5.61. The number of rotatable bonds is 5. The first-order valence-corrected chi connectivity index (χ1v) is 6.79. The summed E-state index contributed by atoms with van der Waals surface area (Å²) in [6.45, 7) is 10.5. The van der Waals surface area contributed by atoms with Crippen molar-refractivity contribution in [1.82, 2.24) is 14.9 Å². The summed E-state index contributed by atoms with van der Waals surface area (Å²) in [5.74, 6) is 0.405. The predicted octanol–water partition coefficient (Wildman–Crippen LogP) is 1.23. The van der Waals surface area contributed by atoms with Crippen LogP contribution in [0.5, 0.6) is 0 Å². The lowest BCUT2D eigenvalue weighted by molar-refractivity contribution is -0.120. The molecule has 0 radical (unpaired) electrons. The molecule has 20 heavy (non-hydrogen) atoms. The van der Waals surface area contributed by atoms with Crippen molar-refractivity contribution in [2.45, 2.75) is 46.7 Å². The van der Waals surface area contributed by atoms with E-state index in [4.69, 9.17) is 0 Å². The second-order valence-corrected chi connectivity index (χ2v) is 6.28. The second-order valence-electron chi connectivity index (χ2n) is 6.28. The minimum atomic E-state index is -0.291. The lowest BCUT2D eigenvalue weighted by Crippen LogP contribution is -2.43. The monoisotopic (exact) mass is 280 g/mol. The Hall–Kier alpha value is -1.85. The highest BCUT2D eigenvalue weighted by molar-refractivity contribution is 5.80. The SMILES string of the molecule is CC(C)Cn1ccnc(NCC(=O)NC(C)(C)C)c1=O. The van der Waals surface area contributed by atoms with Crippen LogP contribution in [0.25, 0.3) is 0 Å². The zero-order valence-corrected chi connectivity index (χ0v) is 12.9. The van der Waals surface area contributed by atoms with Crippen molar-refractivity contribution >= 4 is 11.7 Å². The van der Waals surface area contributed by atoms with Gasteiger partial charge in [-0.3, -0.25) is 9.59 Å². The Balaban J connectivity index is 2.70. The van der Waals surface area contributed by atoms with Crippen LogP contribution < -0.4 is 16.2 Å². The average molecular weight is 280 g/mol. The molecule has 1 aromatic heterocycles. The molecule has 1 rings (SSSR count). The van der Waals surface area contributed by atoms with Gasteiger partial charge >= 0.3 is 0 Å². The molecule has 2 N–H and O–H groups in total. The van der Waals surface area contributed by atoms with Crippen LogP contribution in [-0.4, -0.2) is 27.5 Å². The molecule has 0 aliphatic rings. The highest BCUT2D eigenvalue weighted by Crippen LogP contribution is 2.00. The lowest BCUT2D eigenvalue weighted by Gasteiger charge is -2.20. The first kappa shape index (κ1) is 16.2. The zero-order chi connectivity index (χ0) is 15.3. The van der Waals surface area contributed by atoms with Gasteiger partial charge in [0.05, 0.1) is 6.54 Å². The maximum Gasteiger partial charge on any atom is 0.293 e. The molecule has 0 atom stereocenters. The second kappa shape index (κ2) is 6.54. The van der Waals surface area contributed by atoms with Gasteiger partial charge in [-0.05, 0) is 26.7 Å². The Morgan fingerprint density at radius 1 is 1.40 bits per heavy atom. The maximum absolute atomic E-state index is 12.1. The van der Waals surface area contributed by atoms with Crippen LogP contribution in [0.2, 0.25) is 0 Å². The lowest BCUT2D eigenvalue weighted by atomic mass is 10.1. The molecule has 0 aromatic carbocycles. The fourth-order valence-corrected chi connectivity index (χ4v) is 1.73. The van der Waals surface area contributed by atoms with Crippen molar-refractivity contribution in [2.24, 2.45) is 5.92 Å². The topological polar surface area (TPSA) is 76.0 Å². The number of hydrogen-bond acceptors (Lipinski definition) is 4. The molecule has 0 spiro atoms. The number of anilines is 1. The molecule has 0 bridgehead atoms. The van der Waals surface area contributed by atoms with Gasteiger partial charge < -0.3 is 15.2 Å². The molecule has 112 valence electrons. The molecule has 1 heterocycles. The fourth-order valence-electron chi connectivity index (χ4n) is 1.73. The van der Waals surface area contributed by atoms with E-state index in [9.17, 15) is 9.59 Å². The molecule has 0 fully saturated rings. The first-order valence-electron chi connectivity index (χ1n) is 6.79. The van der Waals surface area contributed by atoms with Gasteiger partial charge in [0.1, 0.15) is 0 Å². The van der Waals surface area contributed by atoms with E-state index >= 15 is 0 Å². The summed E-state index contributed by atoms with van der Waals surface area (Å²) >= 11 is 0. The van der Waals surface area contributed by atoms with E-state index in [0.717, 1.165) is 0 Å². The number of nitrogens with one attached hydrogen (secondary N) is 2. The van der Waals surface area contributed by atoms with Gasteiger partial charge in [-0.1, -0.05) is 13.8 Å². The van der Waals surface area contributed by atoms with E-state index < -0.39 is 0 Å². The standard InChI is InChI=1S/C14H24N4O2/c1-10(2)9-18-7-6-15-12(13(18)20)16-8-11(19)17-14(3,4)5/h6-7,10H,8-9H2,1-5H3,(H,15,16)(H,17,19). The third-order valence-electron chi connectivity index (χ3n) is 2.41. The third kappa shape index (κ3) is 5.42. The van der Waals surface area contributed by atoms with Crippen LogP contribution in [0, 0.1) is 5.92 Å². The first-order chi connectivity index (χ1) is 9.19. The van der Waals surface area contributed by atoms with E-state index in [1.54, 1.807) is 17.0 Å². The minimum absolute atomic E-state index is 0.0329. The summed E-state index contributed by atoms with van der Waals surface area (Å²) in [6, 6.07) is 0. The summed E-state index contributed by atoms with van der Waals surface area (Å²) in [6.07, 6.45) is 3.22. The van der Waals surface area contributed by atoms with Gasteiger partial charge in [-0.2, -0.15) is 0 Å². The third-order valence-corrected chi connectivity index (χ3v) is 2.41. The number of amides is 1. The number of carbonyl (C=O) groups is 1. The van der Waals surface area contributed by atoms with Gasteiger partial charge in [-0.15, -0.1) is 0 Å². The molecular formula is C14H24N4O2. The van der Waals surface area contributed by atoms with Crippen molar-refractivity contribution in [2.75, 3.05) is 11.9 Å². The van der Waals surface area contributed by atoms with E-state index in [1.807, 2.05) is 34.6 Å². The average Bonchev–Trinajstić information content (AvgIpc) is 2.27. The highest BCUT2D eigenvalue weighted by atomic mass is 16.2. The maximum atomic E-state index is 12.1. The van der Waals surface area contributed by atoms with E-state index in [2.05, 4.69) is 15.6 Å². The smallest absolute Gasteiger partial charge is 0.293 e. The largest absolute Gasteiger partial charge is 0.356 e. The van der Waals surface area contributed by atoms with E-state index in [1.165, 1.54) is 0 Å². The zero-order valence-electron chi connectivity index (χ0n) is 12.9. The van der Waals surface area contributed by atoms with E-state index in [-0.39, 0.29) is 29.4 Å². The normalized spacial score (nSPS) is 11.5. The molecule has 6 nitrogen and oxygen atoms in total. The highest BCUT2D eigenvalue weighted by Gasteiger charge is 2.14. The van der Waals surface area contributed by atoms with Gasteiger partial charge in [0.2, 0.25) is 5.91 Å². The molecule has 0 saturated heterocycles. The summed E-state index contributed by atoms with van der Waals surface area (Å²) in [4.78, 5) is 27.8. The van der Waals surface area contributed by atoms with Crippen molar-refractivity contribution in [3.8, 4) is 0 Å². The van der Waals surface area contributed by atoms with Crippen molar-refractivity contribution in [1.29, 1.82) is 0 Å². The summed E-state index contributed by atoms with van der Waals surface area (Å²) < 4.78 is 1.60. The van der Waals surface area contributed by atoms with Crippen molar-refractivity contribution < 1.29 is 4.79 Å². The molecule has 1 amide bonds. The number of carbonyl (C=O) groups excluding carboxylic acids is 1. The number of aromatic nitrogens is 2. The minimum Gasteiger partial charge on any atom is -0.356 e. The Morgan fingerprint density at radius 2 is 2.05 bits per heavy atom. The van der Waals surface area contributed by atoms with Crippen LogP contribution in [0.15, 0.2) is 17.2 Å². The van der Waals surface area contributed by atoms with Gasteiger partial charge in [0.15, 0.2) is 5.82 Å². The number of hydrogen-bond donors (Lipinski definition) is 2. The predicted molar refractivity (Wildman–Crippen MR) is 79.7 cm³/mol.